The summed E-state index contributed by atoms with van der Waals surface area (Å²) >= 11 is 3.46. The second-order valence-corrected chi connectivity index (χ2v) is 8.56. The Kier molecular flexibility index (Phi) is 8.19. The lowest BCUT2D eigenvalue weighted by Gasteiger charge is -2.25. The summed E-state index contributed by atoms with van der Waals surface area (Å²) in [6.07, 6.45) is 5.58. The smallest absolute Gasteiger partial charge is 0.297 e. The Balaban J connectivity index is 2.33. The van der Waals surface area contributed by atoms with E-state index in [0.717, 1.165) is 21.2 Å². The van der Waals surface area contributed by atoms with Gasteiger partial charge in [0, 0.05) is 29.0 Å². The maximum absolute atomic E-state index is 12.9. The Morgan fingerprint density at radius 1 is 1.15 bits per heavy atom. The van der Waals surface area contributed by atoms with Crippen LogP contribution < -0.4 is 0 Å². The summed E-state index contributed by atoms with van der Waals surface area (Å²) < 4.78 is 26.3. The van der Waals surface area contributed by atoms with Crippen molar-refractivity contribution in [1.29, 1.82) is 0 Å². The lowest BCUT2D eigenvalue weighted by molar-refractivity contribution is 0.180. The third-order valence-electron chi connectivity index (χ3n) is 3.69. The first-order chi connectivity index (χ1) is 12.5. The van der Waals surface area contributed by atoms with E-state index in [-0.39, 0.29) is 0 Å². The molecule has 0 amide bonds. The highest BCUT2D eigenvalue weighted by Crippen LogP contribution is 2.50. The van der Waals surface area contributed by atoms with Crippen LogP contribution >= 0.6 is 23.7 Å². The molecule has 0 bridgehead atoms. The number of benzene rings is 1. The van der Waals surface area contributed by atoms with Gasteiger partial charge in [-0.1, -0.05) is 40.2 Å². The zero-order valence-corrected chi connectivity index (χ0v) is 17.7. The number of likely N-dealkylation sites (N-methyl/N-ethyl adjacent to an activating group) is 1. The maximum Gasteiger partial charge on any atom is 0.408 e. The molecular weight excluding hydrogens is 415 g/mol. The molecule has 0 saturated carbocycles. The standard InChI is InChI=1S/C19H24BrN2O3P/c1-4-24-26(23,25-5-2)22(3)14-12-19(17-7-6-13-21-15-17)16-8-10-18(20)11-9-16/h6-13,15H,4-5,14H2,1-3H3. The minimum absolute atomic E-state index is 0.327. The highest BCUT2D eigenvalue weighted by molar-refractivity contribution is 9.10. The van der Waals surface area contributed by atoms with E-state index in [4.69, 9.17) is 9.05 Å². The lowest BCUT2D eigenvalue weighted by Crippen LogP contribution is -2.19. The van der Waals surface area contributed by atoms with Gasteiger partial charge < -0.3 is 0 Å². The molecule has 1 aromatic heterocycles. The summed E-state index contributed by atoms with van der Waals surface area (Å²) in [4.78, 5) is 4.22. The fourth-order valence-electron chi connectivity index (χ4n) is 2.44. The Labute approximate surface area is 163 Å². The molecule has 2 rings (SSSR count). The molecular formula is C19H24BrN2O3P. The average Bonchev–Trinajstić information content (AvgIpc) is 2.64. The third-order valence-corrected chi connectivity index (χ3v) is 6.39. The molecule has 0 spiro atoms. The van der Waals surface area contributed by atoms with Gasteiger partial charge in [-0.15, -0.1) is 0 Å². The van der Waals surface area contributed by atoms with Gasteiger partial charge in [-0.3, -0.25) is 14.0 Å². The Hall–Kier alpha value is -1.30. The van der Waals surface area contributed by atoms with Crippen LogP contribution in [0.1, 0.15) is 25.0 Å². The van der Waals surface area contributed by atoms with Gasteiger partial charge in [0.1, 0.15) is 0 Å². The van der Waals surface area contributed by atoms with Crippen molar-refractivity contribution in [1.82, 2.24) is 9.65 Å². The summed E-state index contributed by atoms with van der Waals surface area (Å²) in [6.45, 7) is 4.68. The minimum Gasteiger partial charge on any atom is -0.297 e. The Morgan fingerprint density at radius 3 is 2.35 bits per heavy atom. The van der Waals surface area contributed by atoms with E-state index in [1.807, 2.05) is 48.7 Å². The molecule has 0 aliphatic carbocycles. The quantitative estimate of drug-likeness (QED) is 0.491. The van der Waals surface area contributed by atoms with Crippen LogP contribution in [-0.2, 0) is 13.6 Å². The van der Waals surface area contributed by atoms with Crippen molar-refractivity contribution in [3.05, 3.63) is 70.5 Å². The van der Waals surface area contributed by atoms with E-state index in [1.165, 1.54) is 0 Å². The molecule has 0 aliphatic rings. The van der Waals surface area contributed by atoms with Gasteiger partial charge in [0.05, 0.1) is 13.2 Å². The van der Waals surface area contributed by atoms with Gasteiger partial charge >= 0.3 is 7.75 Å². The molecule has 0 saturated heterocycles. The predicted molar refractivity (Wildman–Crippen MR) is 109 cm³/mol. The molecule has 0 fully saturated rings. The zero-order chi connectivity index (χ0) is 19.0. The van der Waals surface area contributed by atoms with Crippen LogP contribution in [0.4, 0.5) is 0 Å². The summed E-state index contributed by atoms with van der Waals surface area (Å²) in [7, 11) is -1.55. The van der Waals surface area contributed by atoms with Crippen molar-refractivity contribution in [2.45, 2.75) is 13.8 Å². The van der Waals surface area contributed by atoms with E-state index in [0.29, 0.717) is 19.8 Å². The van der Waals surface area contributed by atoms with E-state index in [2.05, 4.69) is 20.9 Å². The van der Waals surface area contributed by atoms with Crippen LogP contribution in [0, 0.1) is 0 Å². The van der Waals surface area contributed by atoms with Crippen molar-refractivity contribution in [3.63, 3.8) is 0 Å². The number of rotatable bonds is 9. The maximum atomic E-state index is 12.9. The molecule has 0 radical (unpaired) electrons. The van der Waals surface area contributed by atoms with E-state index < -0.39 is 7.75 Å². The van der Waals surface area contributed by atoms with Crippen LogP contribution in [-0.4, -0.2) is 36.5 Å². The molecule has 0 atom stereocenters. The highest BCUT2D eigenvalue weighted by atomic mass is 79.9. The molecule has 140 valence electrons. The van der Waals surface area contributed by atoms with Crippen LogP contribution in [0.15, 0.2) is 59.3 Å². The number of nitrogens with zero attached hydrogens (tertiary/aromatic N) is 2. The first-order valence-corrected chi connectivity index (χ1v) is 10.8. The molecule has 2 aromatic rings. The van der Waals surface area contributed by atoms with Crippen LogP contribution in [0.2, 0.25) is 0 Å². The van der Waals surface area contributed by atoms with Gasteiger partial charge in [-0.2, -0.15) is 0 Å². The molecule has 7 heteroatoms. The van der Waals surface area contributed by atoms with Crippen molar-refractivity contribution < 1.29 is 13.6 Å². The minimum atomic E-state index is -3.29. The van der Waals surface area contributed by atoms with Gasteiger partial charge in [-0.25, -0.2) is 9.24 Å². The molecule has 1 heterocycles. The van der Waals surface area contributed by atoms with Crippen molar-refractivity contribution in [2.75, 3.05) is 26.8 Å². The van der Waals surface area contributed by atoms with Crippen LogP contribution in [0.5, 0.6) is 0 Å². The number of hydrogen-bond donors (Lipinski definition) is 0. The molecule has 0 aliphatic heterocycles. The van der Waals surface area contributed by atoms with Crippen molar-refractivity contribution in [3.8, 4) is 0 Å². The summed E-state index contributed by atoms with van der Waals surface area (Å²) in [5, 5.41) is 0. The Bertz CT molecular complexity index is 756. The summed E-state index contributed by atoms with van der Waals surface area (Å²) in [5.41, 5.74) is 3.06. The molecule has 26 heavy (non-hydrogen) atoms. The largest absolute Gasteiger partial charge is 0.408 e. The molecule has 0 N–H and O–H groups in total. The van der Waals surface area contributed by atoms with Crippen LogP contribution in [0.3, 0.4) is 0 Å². The SMILES string of the molecule is CCOP(=O)(OCC)N(C)CC=C(c1ccc(Br)cc1)c1cccnc1. The number of pyridine rings is 1. The molecule has 1 aromatic carbocycles. The fourth-order valence-corrected chi connectivity index (χ4v) is 4.11. The van der Waals surface area contributed by atoms with E-state index in [9.17, 15) is 4.57 Å². The van der Waals surface area contributed by atoms with E-state index >= 15 is 0 Å². The second kappa shape index (κ2) is 10.1. The number of hydrogen-bond acceptors (Lipinski definition) is 4. The highest BCUT2D eigenvalue weighted by Gasteiger charge is 2.29. The number of aromatic nitrogens is 1. The van der Waals surface area contributed by atoms with Crippen molar-refractivity contribution >= 4 is 29.2 Å². The second-order valence-electron chi connectivity index (χ2n) is 5.51. The first-order valence-electron chi connectivity index (χ1n) is 8.47. The van der Waals surface area contributed by atoms with E-state index in [1.54, 1.807) is 31.8 Å². The molecule has 5 nitrogen and oxygen atoms in total. The Morgan fingerprint density at radius 2 is 1.81 bits per heavy atom. The topological polar surface area (TPSA) is 51.7 Å². The normalized spacial score (nSPS) is 12.6. The lowest BCUT2D eigenvalue weighted by atomic mass is 9.99. The van der Waals surface area contributed by atoms with Gasteiger partial charge in [-0.05, 0) is 50.2 Å². The number of halogens is 1. The third kappa shape index (κ3) is 5.60. The molecule has 0 unspecified atom stereocenters. The predicted octanol–water partition coefficient (Wildman–Crippen LogP) is 5.39. The van der Waals surface area contributed by atoms with Gasteiger partial charge in [0.2, 0.25) is 0 Å². The van der Waals surface area contributed by atoms with Gasteiger partial charge in [0.25, 0.3) is 0 Å². The average molecular weight is 439 g/mol. The van der Waals surface area contributed by atoms with Gasteiger partial charge in [0.15, 0.2) is 0 Å². The zero-order valence-electron chi connectivity index (χ0n) is 15.3. The monoisotopic (exact) mass is 438 g/mol. The fraction of sp³-hybridized carbons (Fsp3) is 0.316. The summed E-state index contributed by atoms with van der Waals surface area (Å²) in [6, 6.07) is 12.0. The first kappa shape index (κ1) is 21.0. The summed E-state index contributed by atoms with van der Waals surface area (Å²) in [5.74, 6) is 0. The van der Waals surface area contributed by atoms with Crippen molar-refractivity contribution in [2.24, 2.45) is 0 Å². The van der Waals surface area contributed by atoms with Crippen LogP contribution in [0.25, 0.3) is 5.57 Å².